The molecule has 1 nitrogen and oxygen atoms in total. The van der Waals surface area contributed by atoms with Crippen molar-refractivity contribution in [2.75, 3.05) is 6.61 Å². The third kappa shape index (κ3) is 6.56. The molecule has 0 aliphatic carbocycles. The molecule has 1 aromatic carbocycles. The molecule has 0 N–H and O–H groups in total. The molecule has 2 heteroatoms. The Bertz CT molecular complexity index is 211. The number of hydrogen-bond acceptors (Lipinski definition) is 1. The first-order valence-electron chi connectivity index (χ1n) is 4.90. The first-order chi connectivity index (χ1) is 6.43. The number of para-hydroxylation sites is 1. The molecule has 0 saturated heterocycles. The number of benzene rings is 1. The van der Waals surface area contributed by atoms with Crippen LogP contribution in [-0.4, -0.2) is 6.61 Å². The van der Waals surface area contributed by atoms with E-state index >= 15 is 0 Å². The molecule has 0 bridgehead atoms. The number of ether oxygens (including phenoxy) is 1. The van der Waals surface area contributed by atoms with Crippen LogP contribution in [0.1, 0.15) is 25.7 Å². The maximum Gasteiger partial charge on any atom is 0.119 e. The van der Waals surface area contributed by atoms with E-state index in [4.69, 9.17) is 4.74 Å². The van der Waals surface area contributed by atoms with Gasteiger partial charge in [0.05, 0.1) is 6.61 Å². The zero-order valence-corrected chi connectivity index (χ0v) is 11.5. The van der Waals surface area contributed by atoms with Crippen molar-refractivity contribution >= 4 is 0 Å². The molecule has 1 rings (SSSR count). The van der Waals surface area contributed by atoms with Crippen molar-refractivity contribution in [3.05, 3.63) is 37.3 Å². The minimum atomic E-state index is 0. The largest absolute Gasteiger partial charge is 0.494 e. The van der Waals surface area contributed by atoms with Gasteiger partial charge in [0, 0.05) is 32.7 Å². The second-order valence-electron chi connectivity index (χ2n) is 3.08. The second-order valence-corrected chi connectivity index (χ2v) is 3.08. The third-order valence-electron chi connectivity index (χ3n) is 1.91. The summed E-state index contributed by atoms with van der Waals surface area (Å²) in [6.45, 7) is 4.62. The smallest absolute Gasteiger partial charge is 0.119 e. The van der Waals surface area contributed by atoms with Gasteiger partial charge in [-0.2, -0.15) is 6.42 Å². The second kappa shape index (κ2) is 9.67. The van der Waals surface area contributed by atoms with Crippen molar-refractivity contribution in [1.29, 1.82) is 0 Å². The van der Waals surface area contributed by atoms with E-state index in [0.29, 0.717) is 0 Å². The van der Waals surface area contributed by atoms with Gasteiger partial charge in [-0.1, -0.05) is 31.0 Å². The van der Waals surface area contributed by atoms with E-state index in [1.807, 2.05) is 30.3 Å². The van der Waals surface area contributed by atoms with Crippen LogP contribution >= 0.6 is 0 Å². The fourth-order valence-electron chi connectivity index (χ4n) is 1.16. The maximum atomic E-state index is 5.53. The Labute approximate surface area is 112 Å². The molecular formula is C12H17OY-. The molecule has 0 aromatic heterocycles. The van der Waals surface area contributed by atoms with Gasteiger partial charge in [-0.3, -0.25) is 0 Å². The van der Waals surface area contributed by atoms with Crippen molar-refractivity contribution in [2.45, 2.75) is 25.7 Å². The normalized spacial score (nSPS) is 9.21. The average Bonchev–Trinajstić information content (AvgIpc) is 2.19. The molecule has 0 fully saturated rings. The zero-order valence-electron chi connectivity index (χ0n) is 8.61. The zero-order chi connectivity index (χ0) is 9.36. The van der Waals surface area contributed by atoms with Gasteiger partial charge >= 0.3 is 0 Å². The summed E-state index contributed by atoms with van der Waals surface area (Å²) in [6.07, 6.45) is 4.59. The summed E-state index contributed by atoms with van der Waals surface area (Å²) >= 11 is 0. The van der Waals surface area contributed by atoms with E-state index in [9.17, 15) is 0 Å². The number of unbranched alkanes of at least 4 members (excludes halogenated alkanes) is 3. The predicted octanol–water partition coefficient (Wildman–Crippen LogP) is 3.46. The fourth-order valence-corrected chi connectivity index (χ4v) is 1.16. The van der Waals surface area contributed by atoms with Gasteiger partial charge in [-0.25, -0.2) is 0 Å². The summed E-state index contributed by atoms with van der Waals surface area (Å²) in [4.78, 5) is 0. The molecule has 1 radical (unpaired) electrons. The Morgan fingerprint density at radius 2 is 1.71 bits per heavy atom. The van der Waals surface area contributed by atoms with E-state index in [1.54, 1.807) is 0 Å². The Kier molecular flexibility index (Phi) is 9.76. The van der Waals surface area contributed by atoms with Crippen molar-refractivity contribution < 1.29 is 37.4 Å². The van der Waals surface area contributed by atoms with Crippen LogP contribution in [0.3, 0.4) is 0 Å². The van der Waals surface area contributed by atoms with Gasteiger partial charge in [0.15, 0.2) is 0 Å². The molecule has 0 saturated carbocycles. The van der Waals surface area contributed by atoms with Gasteiger partial charge in [0.1, 0.15) is 5.75 Å². The maximum absolute atomic E-state index is 5.53. The van der Waals surface area contributed by atoms with Crippen LogP contribution in [0.2, 0.25) is 0 Å². The SMILES string of the molecule is [CH2-]CCCCCOc1ccccc1.[Y]. The minimum Gasteiger partial charge on any atom is -0.494 e. The molecule has 0 unspecified atom stereocenters. The van der Waals surface area contributed by atoms with Crippen molar-refractivity contribution in [3.8, 4) is 5.75 Å². The Balaban J connectivity index is 0.00000169. The van der Waals surface area contributed by atoms with E-state index in [-0.39, 0.29) is 32.7 Å². The van der Waals surface area contributed by atoms with Crippen LogP contribution in [0.25, 0.3) is 0 Å². The van der Waals surface area contributed by atoms with Crippen LogP contribution < -0.4 is 4.74 Å². The van der Waals surface area contributed by atoms with Gasteiger partial charge < -0.3 is 11.7 Å². The van der Waals surface area contributed by atoms with E-state index in [2.05, 4.69) is 6.92 Å². The van der Waals surface area contributed by atoms with Crippen LogP contribution in [0.5, 0.6) is 5.75 Å². The summed E-state index contributed by atoms with van der Waals surface area (Å²) in [5.74, 6) is 0.970. The van der Waals surface area contributed by atoms with Crippen molar-refractivity contribution in [3.63, 3.8) is 0 Å². The molecule has 0 atom stereocenters. The molecular weight excluding hydrogens is 249 g/mol. The molecule has 14 heavy (non-hydrogen) atoms. The first kappa shape index (κ1) is 14.1. The monoisotopic (exact) mass is 266 g/mol. The molecule has 75 valence electrons. The van der Waals surface area contributed by atoms with Gasteiger partial charge in [0.2, 0.25) is 0 Å². The molecule has 0 spiro atoms. The molecule has 0 aliphatic heterocycles. The van der Waals surface area contributed by atoms with Gasteiger partial charge in [0.25, 0.3) is 0 Å². The van der Waals surface area contributed by atoms with E-state index in [1.165, 1.54) is 12.8 Å². The van der Waals surface area contributed by atoms with Crippen LogP contribution in [0.15, 0.2) is 30.3 Å². The van der Waals surface area contributed by atoms with Gasteiger partial charge in [-0.05, 0) is 18.6 Å². The summed E-state index contributed by atoms with van der Waals surface area (Å²) < 4.78 is 5.53. The van der Waals surface area contributed by atoms with Crippen LogP contribution in [0.4, 0.5) is 0 Å². The quantitative estimate of drug-likeness (QED) is 0.566. The fraction of sp³-hybridized carbons (Fsp3) is 0.417. The Hall–Kier alpha value is 0.124. The summed E-state index contributed by atoms with van der Waals surface area (Å²) in [5, 5.41) is 0. The number of hydrogen-bond donors (Lipinski definition) is 0. The summed E-state index contributed by atoms with van der Waals surface area (Å²) in [5.41, 5.74) is 0. The first-order valence-corrected chi connectivity index (χ1v) is 4.90. The van der Waals surface area contributed by atoms with Crippen molar-refractivity contribution in [1.82, 2.24) is 0 Å². The topological polar surface area (TPSA) is 9.23 Å². The molecule has 1 aromatic rings. The van der Waals surface area contributed by atoms with Gasteiger partial charge in [-0.15, -0.1) is 0 Å². The molecule has 0 heterocycles. The molecule has 0 aliphatic rings. The molecule has 0 amide bonds. The Morgan fingerprint density at radius 3 is 2.36 bits per heavy atom. The summed E-state index contributed by atoms with van der Waals surface area (Å²) in [6, 6.07) is 9.95. The number of rotatable bonds is 6. The van der Waals surface area contributed by atoms with Crippen LogP contribution in [-0.2, 0) is 32.7 Å². The third-order valence-corrected chi connectivity index (χ3v) is 1.91. The average molecular weight is 266 g/mol. The Morgan fingerprint density at radius 1 is 1.00 bits per heavy atom. The standard InChI is InChI=1S/C12H17O.Y/c1-2-3-4-8-11-13-12-9-6-5-7-10-12;/h5-7,9-10H,1-4,8,11H2;/q-1;. The van der Waals surface area contributed by atoms with E-state index in [0.717, 1.165) is 25.2 Å². The van der Waals surface area contributed by atoms with Crippen LogP contribution in [0, 0.1) is 6.92 Å². The minimum absolute atomic E-state index is 0. The van der Waals surface area contributed by atoms with E-state index < -0.39 is 0 Å². The predicted molar refractivity (Wildman–Crippen MR) is 55.8 cm³/mol. The summed E-state index contributed by atoms with van der Waals surface area (Å²) in [7, 11) is 0. The van der Waals surface area contributed by atoms with Crippen molar-refractivity contribution in [2.24, 2.45) is 0 Å².